The molecule has 30 heavy (non-hydrogen) atoms. The molecule has 1 aliphatic rings. The summed E-state index contributed by atoms with van der Waals surface area (Å²) in [6.45, 7) is 1.61. The molecule has 0 aliphatic carbocycles. The number of nitrogens with zero attached hydrogens (tertiary/aromatic N) is 2. The smallest absolute Gasteiger partial charge is 0.247 e. The molecule has 1 atom stereocenters. The third-order valence-electron chi connectivity index (χ3n) is 5.18. The summed E-state index contributed by atoms with van der Waals surface area (Å²) >= 11 is 1.56. The minimum atomic E-state index is -3.65. The van der Waals surface area contributed by atoms with Gasteiger partial charge in [-0.15, -0.1) is 11.3 Å². The molecule has 1 saturated heterocycles. The summed E-state index contributed by atoms with van der Waals surface area (Å²) in [6, 6.07) is 9.58. The maximum absolute atomic E-state index is 13.2. The minimum Gasteiger partial charge on any atom is -0.350 e. The molecule has 7 nitrogen and oxygen atoms in total. The standard InChI is InChI=1S/C20H24FN3O4S2/c1-20(19(26)22-12-15-5-7-16(21)8-6-15)14-23(30(2,27)28)13-18(25)24(20)10-9-17-4-3-11-29-17/h3-8,11H,9-10,12-14H2,1-2H3,(H,22,26)/t20-/m1/s1. The SMILES string of the molecule is C[C@]1(C(=O)NCc2ccc(F)cc2)CN(S(C)(=O)=O)CC(=O)N1CCc1cccs1. The highest BCUT2D eigenvalue weighted by Crippen LogP contribution is 2.26. The summed E-state index contributed by atoms with van der Waals surface area (Å²) in [5, 5.41) is 4.71. The van der Waals surface area contributed by atoms with Crippen LogP contribution in [0.25, 0.3) is 0 Å². The molecule has 0 unspecified atom stereocenters. The zero-order valence-electron chi connectivity index (χ0n) is 16.8. The van der Waals surface area contributed by atoms with Gasteiger partial charge >= 0.3 is 0 Å². The number of sulfonamides is 1. The maximum atomic E-state index is 13.2. The van der Waals surface area contributed by atoms with Gasteiger partial charge in [-0.05, 0) is 42.5 Å². The fraction of sp³-hybridized carbons (Fsp3) is 0.400. The number of thiophene rings is 1. The first-order chi connectivity index (χ1) is 14.1. The molecule has 1 aliphatic heterocycles. The molecule has 0 saturated carbocycles. The molecule has 0 radical (unpaired) electrons. The molecule has 162 valence electrons. The fourth-order valence-electron chi connectivity index (χ4n) is 3.45. The van der Waals surface area contributed by atoms with Crippen molar-refractivity contribution in [3.63, 3.8) is 0 Å². The van der Waals surface area contributed by atoms with E-state index < -0.39 is 27.4 Å². The lowest BCUT2D eigenvalue weighted by atomic mass is 9.95. The predicted octanol–water partition coefficient (Wildman–Crippen LogP) is 1.61. The Labute approximate surface area is 179 Å². The van der Waals surface area contributed by atoms with Crippen molar-refractivity contribution < 1.29 is 22.4 Å². The third-order valence-corrected chi connectivity index (χ3v) is 7.31. The van der Waals surface area contributed by atoms with E-state index in [0.717, 1.165) is 15.4 Å². The summed E-state index contributed by atoms with van der Waals surface area (Å²) in [4.78, 5) is 28.5. The lowest BCUT2D eigenvalue weighted by Gasteiger charge is -2.46. The van der Waals surface area contributed by atoms with Crippen LogP contribution in [0.4, 0.5) is 4.39 Å². The Morgan fingerprint density at radius 1 is 1.27 bits per heavy atom. The van der Waals surface area contributed by atoms with E-state index in [1.807, 2.05) is 17.5 Å². The Kier molecular flexibility index (Phi) is 6.59. The minimum absolute atomic E-state index is 0.128. The highest BCUT2D eigenvalue weighted by atomic mass is 32.2. The van der Waals surface area contributed by atoms with E-state index in [1.165, 1.54) is 17.0 Å². The topological polar surface area (TPSA) is 86.8 Å². The van der Waals surface area contributed by atoms with Crippen molar-refractivity contribution in [1.82, 2.24) is 14.5 Å². The lowest BCUT2D eigenvalue weighted by Crippen LogP contribution is -2.69. The molecule has 2 aromatic rings. The Morgan fingerprint density at radius 3 is 2.57 bits per heavy atom. The van der Waals surface area contributed by atoms with E-state index >= 15 is 0 Å². The van der Waals surface area contributed by atoms with Crippen LogP contribution in [0.5, 0.6) is 0 Å². The molecule has 0 bridgehead atoms. The van der Waals surface area contributed by atoms with Gasteiger partial charge in [0.1, 0.15) is 11.4 Å². The first-order valence-corrected chi connectivity index (χ1v) is 12.1. The largest absolute Gasteiger partial charge is 0.350 e. The number of carbonyl (C=O) groups excluding carboxylic acids is 2. The van der Waals surface area contributed by atoms with Gasteiger partial charge in [0.15, 0.2) is 0 Å². The van der Waals surface area contributed by atoms with Gasteiger partial charge in [-0.1, -0.05) is 18.2 Å². The van der Waals surface area contributed by atoms with Crippen LogP contribution in [0.2, 0.25) is 0 Å². The van der Waals surface area contributed by atoms with E-state index in [9.17, 15) is 22.4 Å². The van der Waals surface area contributed by atoms with Gasteiger partial charge in [0.2, 0.25) is 21.8 Å². The Hall–Kier alpha value is -2.30. The second-order valence-corrected chi connectivity index (χ2v) is 10.5. The Balaban J connectivity index is 1.80. The van der Waals surface area contributed by atoms with Gasteiger partial charge in [0, 0.05) is 24.5 Å². The van der Waals surface area contributed by atoms with Crippen molar-refractivity contribution in [2.75, 3.05) is 25.9 Å². The number of benzene rings is 1. The molecule has 10 heteroatoms. The second kappa shape index (κ2) is 8.83. The van der Waals surface area contributed by atoms with Crippen LogP contribution >= 0.6 is 11.3 Å². The number of carbonyl (C=O) groups is 2. The van der Waals surface area contributed by atoms with Gasteiger partial charge in [-0.2, -0.15) is 4.31 Å². The zero-order valence-corrected chi connectivity index (χ0v) is 18.4. The quantitative estimate of drug-likeness (QED) is 0.690. The molecule has 2 heterocycles. The monoisotopic (exact) mass is 453 g/mol. The van der Waals surface area contributed by atoms with Crippen LogP contribution < -0.4 is 5.32 Å². The van der Waals surface area contributed by atoms with Gasteiger partial charge in [0.05, 0.1) is 12.8 Å². The molecule has 1 aromatic carbocycles. The second-order valence-electron chi connectivity index (χ2n) is 7.49. The van der Waals surface area contributed by atoms with Crippen molar-refractivity contribution in [2.24, 2.45) is 0 Å². The molecule has 3 rings (SSSR count). The van der Waals surface area contributed by atoms with Crippen LogP contribution in [-0.2, 0) is 32.6 Å². The molecule has 1 aromatic heterocycles. The van der Waals surface area contributed by atoms with Crippen molar-refractivity contribution in [3.8, 4) is 0 Å². The average Bonchev–Trinajstić information content (AvgIpc) is 3.19. The summed E-state index contributed by atoms with van der Waals surface area (Å²) in [5.41, 5.74) is -0.670. The zero-order chi connectivity index (χ0) is 21.9. The van der Waals surface area contributed by atoms with E-state index in [1.54, 1.807) is 30.4 Å². The van der Waals surface area contributed by atoms with Crippen molar-refractivity contribution in [2.45, 2.75) is 25.4 Å². The first kappa shape index (κ1) is 22.4. The molecular weight excluding hydrogens is 429 g/mol. The normalized spacial score (nSPS) is 20.4. The molecule has 2 amide bonds. The molecule has 1 N–H and O–H groups in total. The van der Waals surface area contributed by atoms with Gasteiger partial charge in [-0.25, -0.2) is 12.8 Å². The number of piperazine rings is 1. The number of hydrogen-bond donors (Lipinski definition) is 1. The Bertz CT molecular complexity index is 1010. The van der Waals surface area contributed by atoms with E-state index in [2.05, 4.69) is 5.32 Å². The number of amides is 2. The fourth-order valence-corrected chi connectivity index (χ4v) is 4.98. The third kappa shape index (κ3) is 5.05. The Morgan fingerprint density at radius 2 is 1.97 bits per heavy atom. The van der Waals surface area contributed by atoms with Gasteiger partial charge in [0.25, 0.3) is 0 Å². The number of rotatable bonds is 7. The number of nitrogens with one attached hydrogen (secondary N) is 1. The summed E-state index contributed by atoms with van der Waals surface area (Å²) < 4.78 is 38.3. The highest BCUT2D eigenvalue weighted by Gasteiger charge is 2.49. The molecular formula is C20H24FN3O4S2. The van der Waals surface area contributed by atoms with Crippen LogP contribution in [0.15, 0.2) is 41.8 Å². The maximum Gasteiger partial charge on any atom is 0.247 e. The van der Waals surface area contributed by atoms with Crippen LogP contribution in [-0.4, -0.2) is 60.9 Å². The number of halogens is 1. The van der Waals surface area contributed by atoms with E-state index in [-0.39, 0.29) is 25.5 Å². The van der Waals surface area contributed by atoms with Crippen molar-refractivity contribution >= 4 is 33.2 Å². The van der Waals surface area contributed by atoms with Crippen LogP contribution in [0.1, 0.15) is 17.4 Å². The van der Waals surface area contributed by atoms with Crippen molar-refractivity contribution in [3.05, 3.63) is 58.0 Å². The summed E-state index contributed by atoms with van der Waals surface area (Å²) in [7, 11) is -3.65. The molecule has 0 spiro atoms. The number of hydrogen-bond acceptors (Lipinski definition) is 5. The summed E-state index contributed by atoms with van der Waals surface area (Å²) in [6.07, 6.45) is 1.60. The average molecular weight is 454 g/mol. The highest BCUT2D eigenvalue weighted by molar-refractivity contribution is 7.88. The predicted molar refractivity (Wildman–Crippen MR) is 113 cm³/mol. The van der Waals surface area contributed by atoms with Gasteiger partial charge < -0.3 is 10.2 Å². The van der Waals surface area contributed by atoms with Crippen molar-refractivity contribution in [1.29, 1.82) is 0 Å². The summed E-state index contributed by atoms with van der Waals surface area (Å²) in [5.74, 6) is -1.25. The molecule has 1 fully saturated rings. The van der Waals surface area contributed by atoms with Crippen LogP contribution in [0, 0.1) is 5.82 Å². The van der Waals surface area contributed by atoms with Gasteiger partial charge in [-0.3, -0.25) is 9.59 Å². The van der Waals surface area contributed by atoms with Crippen LogP contribution in [0.3, 0.4) is 0 Å². The first-order valence-electron chi connectivity index (χ1n) is 9.40. The lowest BCUT2D eigenvalue weighted by molar-refractivity contribution is -0.152. The van der Waals surface area contributed by atoms with E-state index in [0.29, 0.717) is 18.5 Å². The van der Waals surface area contributed by atoms with E-state index in [4.69, 9.17) is 0 Å².